The van der Waals surface area contributed by atoms with Gasteiger partial charge in [0.1, 0.15) is 19.8 Å². The minimum Gasteiger partial charge on any atom is -0.462 e. The fourth-order valence-electron chi connectivity index (χ4n) is 8.10. The predicted molar refractivity (Wildman–Crippen MR) is 298 cm³/mol. The van der Waals surface area contributed by atoms with Crippen LogP contribution >= 0.6 is 7.82 Å². The number of likely N-dealkylation sites (N-methyl/N-ethyl adjacent to an activating group) is 1. The molecule has 70 heavy (non-hydrogen) atoms. The summed E-state index contributed by atoms with van der Waals surface area (Å²) in [6, 6.07) is 0. The molecule has 0 fully saturated rings. The Morgan fingerprint density at radius 1 is 0.457 bits per heavy atom. The first-order valence-electron chi connectivity index (χ1n) is 29.0. The van der Waals surface area contributed by atoms with Crippen LogP contribution in [0.3, 0.4) is 0 Å². The lowest BCUT2D eigenvalue weighted by atomic mass is 10.0. The van der Waals surface area contributed by atoms with Crippen LogP contribution in [0.5, 0.6) is 0 Å². The van der Waals surface area contributed by atoms with E-state index in [0.29, 0.717) is 17.4 Å². The lowest BCUT2D eigenvalue weighted by Crippen LogP contribution is -2.37. The summed E-state index contributed by atoms with van der Waals surface area (Å²) in [5.74, 6) is -0.802. The number of nitrogens with zero attached hydrogens (tertiary/aromatic N) is 1. The molecule has 0 aliphatic carbocycles. The van der Waals surface area contributed by atoms with Crippen LogP contribution in [0.25, 0.3) is 0 Å². The summed E-state index contributed by atoms with van der Waals surface area (Å²) in [6.07, 6.45) is 65.7. The number of hydrogen-bond donors (Lipinski definition) is 1. The average Bonchev–Trinajstić information content (AvgIpc) is 3.32. The number of hydrogen-bond acceptors (Lipinski definition) is 7. The van der Waals surface area contributed by atoms with E-state index in [-0.39, 0.29) is 32.0 Å². The molecule has 9 nitrogen and oxygen atoms in total. The van der Waals surface area contributed by atoms with E-state index in [1.54, 1.807) is 0 Å². The number of phosphoric acid groups is 1. The van der Waals surface area contributed by atoms with Crippen molar-refractivity contribution >= 4 is 19.8 Å². The van der Waals surface area contributed by atoms with E-state index in [1.807, 2.05) is 21.1 Å². The monoisotopic (exact) mass is 1000 g/mol. The standard InChI is InChI=1S/C60H110NO8P/c1-6-8-10-12-14-16-18-20-22-24-26-28-30-32-34-36-38-40-42-44-46-48-50-52-59(62)66-56-58(57-68-70(64,65)67-55-54-61(3,4)5)69-60(63)53-51-49-47-45-43-41-39-37-35-33-31-29-27-25-23-21-19-17-15-13-11-9-7-2/h9,11,15,17,21,23,27,29,33,35,58H,6-8,10,12-14,16,18-20,22,24-26,28,30-32,34,36-57H2,1-5H3/p+1/b11-9-,17-15-,23-21-,29-27-,35-33-. The van der Waals surface area contributed by atoms with Crippen molar-refractivity contribution < 1.29 is 42.1 Å². The second-order valence-electron chi connectivity index (χ2n) is 20.7. The van der Waals surface area contributed by atoms with Gasteiger partial charge in [0, 0.05) is 12.8 Å². The number of quaternary nitrogens is 1. The van der Waals surface area contributed by atoms with Gasteiger partial charge in [-0.05, 0) is 57.8 Å². The zero-order valence-electron chi connectivity index (χ0n) is 46.2. The topological polar surface area (TPSA) is 108 Å². The number of allylic oxidation sites excluding steroid dienone is 10. The van der Waals surface area contributed by atoms with Gasteiger partial charge in [-0.15, -0.1) is 0 Å². The van der Waals surface area contributed by atoms with E-state index < -0.39 is 26.5 Å². The lowest BCUT2D eigenvalue weighted by Gasteiger charge is -2.24. The average molecular weight is 1010 g/mol. The molecule has 0 radical (unpaired) electrons. The van der Waals surface area contributed by atoms with Crippen LogP contribution in [-0.2, 0) is 32.7 Å². The Bertz CT molecular complexity index is 1370. The molecule has 0 aromatic heterocycles. The molecule has 0 aliphatic heterocycles. The number of phosphoric ester groups is 1. The van der Waals surface area contributed by atoms with Gasteiger partial charge in [-0.25, -0.2) is 4.57 Å². The molecule has 2 atom stereocenters. The summed E-state index contributed by atoms with van der Waals surface area (Å²) in [4.78, 5) is 35.7. The fourth-order valence-corrected chi connectivity index (χ4v) is 8.84. The van der Waals surface area contributed by atoms with Crippen molar-refractivity contribution in [1.29, 1.82) is 0 Å². The second-order valence-corrected chi connectivity index (χ2v) is 22.1. The van der Waals surface area contributed by atoms with Crippen molar-refractivity contribution in [3.63, 3.8) is 0 Å². The molecule has 0 saturated carbocycles. The zero-order chi connectivity index (χ0) is 51.3. The third-order valence-electron chi connectivity index (χ3n) is 12.6. The Hall–Kier alpha value is -2.29. The van der Waals surface area contributed by atoms with Crippen LogP contribution in [0, 0.1) is 0 Å². The summed E-state index contributed by atoms with van der Waals surface area (Å²) in [5, 5.41) is 0. The van der Waals surface area contributed by atoms with Crippen LogP contribution < -0.4 is 0 Å². The third kappa shape index (κ3) is 55.0. The highest BCUT2D eigenvalue weighted by Crippen LogP contribution is 2.43. The molecule has 0 saturated heterocycles. The molecule has 10 heteroatoms. The van der Waals surface area contributed by atoms with Crippen LogP contribution in [0.1, 0.15) is 258 Å². The van der Waals surface area contributed by atoms with Crippen LogP contribution in [-0.4, -0.2) is 74.9 Å². The molecule has 0 aliphatic rings. The van der Waals surface area contributed by atoms with Gasteiger partial charge in [0.15, 0.2) is 6.10 Å². The number of carbonyl (C=O) groups excluding carboxylic acids is 2. The lowest BCUT2D eigenvalue weighted by molar-refractivity contribution is -0.870. The number of esters is 2. The normalized spacial score (nSPS) is 13.7. The molecule has 0 aromatic rings. The highest BCUT2D eigenvalue weighted by atomic mass is 31.2. The molecule has 2 unspecified atom stereocenters. The van der Waals surface area contributed by atoms with E-state index in [0.717, 1.165) is 77.0 Å². The Morgan fingerprint density at radius 2 is 0.814 bits per heavy atom. The summed E-state index contributed by atoms with van der Waals surface area (Å²) < 4.78 is 34.6. The fraction of sp³-hybridized carbons (Fsp3) is 0.800. The van der Waals surface area contributed by atoms with Crippen molar-refractivity contribution in [2.24, 2.45) is 0 Å². The van der Waals surface area contributed by atoms with Crippen molar-refractivity contribution in [3.8, 4) is 0 Å². The molecule has 0 spiro atoms. The Morgan fingerprint density at radius 3 is 1.21 bits per heavy atom. The van der Waals surface area contributed by atoms with Crippen molar-refractivity contribution in [2.45, 2.75) is 264 Å². The Labute approximate surface area is 432 Å². The third-order valence-corrected chi connectivity index (χ3v) is 13.5. The van der Waals surface area contributed by atoms with Gasteiger partial charge in [-0.1, -0.05) is 248 Å². The van der Waals surface area contributed by atoms with E-state index >= 15 is 0 Å². The number of unbranched alkanes of at least 4 members (excludes halogenated alkanes) is 29. The van der Waals surface area contributed by atoms with Gasteiger partial charge in [-0.2, -0.15) is 0 Å². The predicted octanol–water partition coefficient (Wildman–Crippen LogP) is 17.9. The van der Waals surface area contributed by atoms with Gasteiger partial charge in [0.05, 0.1) is 27.7 Å². The quantitative estimate of drug-likeness (QED) is 0.0211. The van der Waals surface area contributed by atoms with E-state index in [4.69, 9.17) is 18.5 Å². The van der Waals surface area contributed by atoms with E-state index in [9.17, 15) is 19.0 Å². The van der Waals surface area contributed by atoms with Crippen LogP contribution in [0.4, 0.5) is 0 Å². The molecular weight excluding hydrogens is 894 g/mol. The molecule has 0 amide bonds. The molecule has 408 valence electrons. The molecule has 0 bridgehead atoms. The highest BCUT2D eigenvalue weighted by Gasteiger charge is 2.27. The van der Waals surface area contributed by atoms with Crippen molar-refractivity contribution in [3.05, 3.63) is 60.8 Å². The second kappa shape index (κ2) is 51.6. The van der Waals surface area contributed by atoms with E-state index in [1.165, 1.54) is 148 Å². The summed E-state index contributed by atoms with van der Waals surface area (Å²) in [7, 11) is 1.47. The SMILES string of the molecule is CC/C=C\C/C=C\C/C=C\C/C=C\C/C=C\CCCCCCCCCC(=O)OC(COC(=O)CCCCCCCCCCCCCCCCCCCCCCCCC)COP(=O)(O)OCC[N+](C)(C)C. The summed E-state index contributed by atoms with van der Waals surface area (Å²) in [5.41, 5.74) is 0. The highest BCUT2D eigenvalue weighted by molar-refractivity contribution is 7.47. The number of ether oxygens (including phenoxy) is 2. The number of carbonyl (C=O) groups is 2. The van der Waals surface area contributed by atoms with Gasteiger partial charge in [0.2, 0.25) is 0 Å². The molecule has 0 heterocycles. The van der Waals surface area contributed by atoms with Gasteiger partial charge in [0.25, 0.3) is 0 Å². The maximum atomic E-state index is 12.8. The van der Waals surface area contributed by atoms with Crippen LogP contribution in [0.15, 0.2) is 60.8 Å². The smallest absolute Gasteiger partial charge is 0.462 e. The molecule has 0 rings (SSSR count). The van der Waals surface area contributed by atoms with E-state index in [2.05, 4.69) is 74.6 Å². The van der Waals surface area contributed by atoms with Gasteiger partial charge < -0.3 is 18.9 Å². The maximum Gasteiger partial charge on any atom is 0.472 e. The largest absolute Gasteiger partial charge is 0.472 e. The Kier molecular flexibility index (Phi) is 49.9. The van der Waals surface area contributed by atoms with Gasteiger partial charge in [-0.3, -0.25) is 18.6 Å². The first kappa shape index (κ1) is 67.7. The van der Waals surface area contributed by atoms with Crippen LogP contribution in [0.2, 0.25) is 0 Å². The minimum absolute atomic E-state index is 0.0284. The first-order chi connectivity index (χ1) is 34.0. The van der Waals surface area contributed by atoms with Gasteiger partial charge >= 0.3 is 19.8 Å². The maximum absolute atomic E-state index is 12.8. The summed E-state index contributed by atoms with van der Waals surface area (Å²) >= 11 is 0. The van der Waals surface area contributed by atoms with Crippen molar-refractivity contribution in [1.82, 2.24) is 0 Å². The molecular formula is C60H111NO8P+. The summed E-state index contributed by atoms with van der Waals surface area (Å²) in [6.45, 7) is 4.34. The molecule has 1 N–H and O–H groups in total. The minimum atomic E-state index is -4.39. The zero-order valence-corrected chi connectivity index (χ0v) is 47.1. The molecule has 0 aromatic carbocycles. The number of rotatable bonds is 53. The Balaban J connectivity index is 4.18. The van der Waals surface area contributed by atoms with Crippen molar-refractivity contribution in [2.75, 3.05) is 47.5 Å². The first-order valence-corrected chi connectivity index (χ1v) is 30.5.